The van der Waals surface area contributed by atoms with Crippen molar-refractivity contribution in [3.8, 4) is 0 Å². The third kappa shape index (κ3) is 2.30. The van der Waals surface area contributed by atoms with Gasteiger partial charge in [0.15, 0.2) is 0 Å². The van der Waals surface area contributed by atoms with Crippen molar-refractivity contribution >= 4 is 17.3 Å². The molecule has 0 spiro atoms. The number of nitrogens with two attached hydrogens (primary N) is 1. The third-order valence-electron chi connectivity index (χ3n) is 2.87. The normalized spacial score (nSPS) is 26.2. The maximum Gasteiger partial charge on any atom is 0.0938 e. The first-order valence-corrected chi connectivity index (χ1v) is 5.57. The summed E-state index contributed by atoms with van der Waals surface area (Å²) in [4.78, 5) is 1.94. The molecule has 5 heteroatoms. The van der Waals surface area contributed by atoms with E-state index >= 15 is 0 Å². The molecule has 0 aliphatic carbocycles. The van der Waals surface area contributed by atoms with Crippen LogP contribution in [-0.2, 0) is 6.54 Å². The average molecular weight is 243 g/mol. The maximum atomic E-state index is 9.43. The zero-order valence-corrected chi connectivity index (χ0v) is 9.56. The largest absolute Gasteiger partial charge is 0.398 e. The molecule has 0 amide bonds. The third-order valence-corrected chi connectivity index (χ3v) is 3.23. The van der Waals surface area contributed by atoms with E-state index in [9.17, 15) is 10.2 Å². The van der Waals surface area contributed by atoms with E-state index in [0.717, 1.165) is 5.56 Å². The summed E-state index contributed by atoms with van der Waals surface area (Å²) < 4.78 is 0. The molecule has 1 aliphatic heterocycles. The first-order valence-electron chi connectivity index (χ1n) is 5.19. The number of nitrogen functional groups attached to an aromatic ring is 1. The van der Waals surface area contributed by atoms with Gasteiger partial charge in [-0.2, -0.15) is 0 Å². The van der Waals surface area contributed by atoms with Crippen LogP contribution in [0, 0.1) is 0 Å². The highest BCUT2D eigenvalue weighted by molar-refractivity contribution is 6.31. The lowest BCUT2D eigenvalue weighted by molar-refractivity contribution is 0.0572. The predicted molar refractivity (Wildman–Crippen MR) is 63.2 cm³/mol. The summed E-state index contributed by atoms with van der Waals surface area (Å²) >= 11 is 6.05. The molecule has 1 heterocycles. The number of aliphatic hydroxyl groups is 2. The fraction of sp³-hybridized carbons (Fsp3) is 0.455. The lowest BCUT2D eigenvalue weighted by Crippen LogP contribution is -2.22. The minimum absolute atomic E-state index is 0.450. The molecule has 4 nitrogen and oxygen atoms in total. The minimum Gasteiger partial charge on any atom is -0.398 e. The van der Waals surface area contributed by atoms with Gasteiger partial charge in [0.2, 0.25) is 0 Å². The smallest absolute Gasteiger partial charge is 0.0938 e. The van der Waals surface area contributed by atoms with E-state index in [4.69, 9.17) is 17.3 Å². The van der Waals surface area contributed by atoms with E-state index in [-0.39, 0.29) is 0 Å². The second kappa shape index (κ2) is 4.59. The average Bonchev–Trinajstić information content (AvgIpc) is 2.53. The number of hydrogen-bond donors (Lipinski definition) is 3. The lowest BCUT2D eigenvalue weighted by Gasteiger charge is -2.17. The summed E-state index contributed by atoms with van der Waals surface area (Å²) in [5.74, 6) is 0. The van der Waals surface area contributed by atoms with E-state index in [0.29, 0.717) is 30.3 Å². The Bertz CT molecular complexity index is 356. The van der Waals surface area contributed by atoms with Crippen molar-refractivity contribution in [2.45, 2.75) is 18.8 Å². The number of benzene rings is 1. The summed E-state index contributed by atoms with van der Waals surface area (Å²) in [6.45, 7) is 1.46. The van der Waals surface area contributed by atoms with E-state index < -0.39 is 12.2 Å². The molecule has 1 aromatic carbocycles. The molecule has 0 radical (unpaired) electrons. The molecular weight excluding hydrogens is 228 g/mol. The van der Waals surface area contributed by atoms with Crippen molar-refractivity contribution in [2.24, 2.45) is 0 Å². The first kappa shape index (κ1) is 11.7. The van der Waals surface area contributed by atoms with Crippen LogP contribution in [0.15, 0.2) is 18.2 Å². The number of hydrogen-bond acceptors (Lipinski definition) is 4. The lowest BCUT2D eigenvalue weighted by atomic mass is 10.1. The van der Waals surface area contributed by atoms with Gasteiger partial charge in [-0.1, -0.05) is 17.7 Å². The Morgan fingerprint density at radius 2 is 1.94 bits per heavy atom. The van der Waals surface area contributed by atoms with Crippen molar-refractivity contribution in [1.82, 2.24) is 4.90 Å². The van der Waals surface area contributed by atoms with Crippen molar-refractivity contribution < 1.29 is 10.2 Å². The zero-order valence-electron chi connectivity index (χ0n) is 8.81. The van der Waals surface area contributed by atoms with Crippen LogP contribution in [0.4, 0.5) is 5.69 Å². The molecule has 0 aromatic heterocycles. The Labute approximate surface area is 99.2 Å². The van der Waals surface area contributed by atoms with Crippen molar-refractivity contribution in [1.29, 1.82) is 0 Å². The molecule has 0 saturated carbocycles. The Morgan fingerprint density at radius 3 is 2.50 bits per heavy atom. The van der Waals surface area contributed by atoms with Gasteiger partial charge >= 0.3 is 0 Å². The molecule has 1 saturated heterocycles. The van der Waals surface area contributed by atoms with Crippen molar-refractivity contribution in [3.05, 3.63) is 28.8 Å². The van der Waals surface area contributed by atoms with Gasteiger partial charge in [0, 0.05) is 35.9 Å². The fourth-order valence-electron chi connectivity index (χ4n) is 1.94. The number of aliphatic hydroxyl groups excluding tert-OH is 2. The van der Waals surface area contributed by atoms with E-state index in [1.54, 1.807) is 18.2 Å². The second-order valence-electron chi connectivity index (χ2n) is 4.14. The SMILES string of the molecule is Nc1cccc(Cl)c1CN1CC(O)C(O)C1. The monoisotopic (exact) mass is 242 g/mol. The van der Waals surface area contributed by atoms with E-state index in [1.165, 1.54) is 0 Å². The van der Waals surface area contributed by atoms with Gasteiger partial charge in [-0.05, 0) is 12.1 Å². The highest BCUT2D eigenvalue weighted by atomic mass is 35.5. The molecule has 16 heavy (non-hydrogen) atoms. The number of likely N-dealkylation sites (tertiary alicyclic amines) is 1. The fourth-order valence-corrected chi connectivity index (χ4v) is 2.18. The predicted octanol–water partition coefficient (Wildman–Crippen LogP) is 0.460. The summed E-state index contributed by atoms with van der Waals surface area (Å²) in [6.07, 6.45) is -1.35. The molecular formula is C11H15ClN2O2. The second-order valence-corrected chi connectivity index (χ2v) is 4.54. The van der Waals surface area contributed by atoms with Gasteiger partial charge in [-0.15, -0.1) is 0 Å². The van der Waals surface area contributed by atoms with Gasteiger partial charge in [-0.3, -0.25) is 4.90 Å². The highest BCUT2D eigenvalue weighted by Crippen LogP contribution is 2.25. The van der Waals surface area contributed by atoms with Crippen molar-refractivity contribution in [2.75, 3.05) is 18.8 Å². The molecule has 88 valence electrons. The van der Waals surface area contributed by atoms with E-state index in [1.807, 2.05) is 4.90 Å². The highest BCUT2D eigenvalue weighted by Gasteiger charge is 2.29. The number of β-amino-alcohol motifs (C(OH)–C–C–N with tert-alkyl or cyclic N) is 2. The Balaban J connectivity index is 2.10. The quantitative estimate of drug-likeness (QED) is 0.659. The van der Waals surface area contributed by atoms with E-state index in [2.05, 4.69) is 0 Å². The minimum atomic E-state index is -0.677. The van der Waals surface area contributed by atoms with Gasteiger partial charge in [-0.25, -0.2) is 0 Å². The molecule has 1 aliphatic rings. The van der Waals surface area contributed by atoms with Crippen LogP contribution in [0.25, 0.3) is 0 Å². The Kier molecular flexibility index (Phi) is 3.35. The van der Waals surface area contributed by atoms with Gasteiger partial charge in [0.1, 0.15) is 0 Å². The van der Waals surface area contributed by atoms with Gasteiger partial charge in [0.25, 0.3) is 0 Å². The Hall–Kier alpha value is -0.810. The molecule has 1 fully saturated rings. The molecule has 2 rings (SSSR count). The summed E-state index contributed by atoms with van der Waals surface area (Å²) in [6, 6.07) is 5.38. The molecule has 0 bridgehead atoms. The topological polar surface area (TPSA) is 69.7 Å². The standard InChI is InChI=1S/C11H15ClN2O2/c12-8-2-1-3-9(13)7(8)4-14-5-10(15)11(16)6-14/h1-3,10-11,15-16H,4-6,13H2. The summed E-state index contributed by atoms with van der Waals surface area (Å²) in [5.41, 5.74) is 7.33. The molecule has 2 unspecified atom stereocenters. The maximum absolute atomic E-state index is 9.43. The number of halogens is 1. The van der Waals surface area contributed by atoms with Crippen LogP contribution < -0.4 is 5.73 Å². The molecule has 2 atom stereocenters. The number of nitrogens with zero attached hydrogens (tertiary/aromatic N) is 1. The van der Waals surface area contributed by atoms with Crippen LogP contribution in [0.5, 0.6) is 0 Å². The number of anilines is 1. The van der Waals surface area contributed by atoms with Crippen LogP contribution in [0.2, 0.25) is 5.02 Å². The zero-order chi connectivity index (χ0) is 11.7. The van der Waals surface area contributed by atoms with Crippen LogP contribution >= 0.6 is 11.6 Å². The summed E-state index contributed by atoms with van der Waals surface area (Å²) in [5, 5.41) is 19.5. The van der Waals surface area contributed by atoms with Crippen LogP contribution in [0.3, 0.4) is 0 Å². The first-order chi connectivity index (χ1) is 7.58. The van der Waals surface area contributed by atoms with Crippen LogP contribution in [0.1, 0.15) is 5.56 Å². The molecule has 1 aromatic rings. The summed E-state index contributed by atoms with van der Waals surface area (Å²) in [7, 11) is 0. The molecule has 4 N–H and O–H groups in total. The van der Waals surface area contributed by atoms with Crippen LogP contribution in [-0.4, -0.2) is 40.4 Å². The Morgan fingerprint density at radius 1 is 1.31 bits per heavy atom. The van der Waals surface area contributed by atoms with Gasteiger partial charge in [0.05, 0.1) is 12.2 Å². The van der Waals surface area contributed by atoms with Gasteiger partial charge < -0.3 is 15.9 Å². The van der Waals surface area contributed by atoms with Crippen molar-refractivity contribution in [3.63, 3.8) is 0 Å². The number of rotatable bonds is 2.